The number of hydrogen-bond acceptors (Lipinski definition) is 8. The van der Waals surface area contributed by atoms with Crippen molar-refractivity contribution in [3.8, 4) is 5.88 Å². The topological polar surface area (TPSA) is 91.7 Å². The summed E-state index contributed by atoms with van der Waals surface area (Å²) >= 11 is 1.56. The molecule has 0 aliphatic carbocycles. The molecule has 26 heavy (non-hydrogen) atoms. The fourth-order valence-electron chi connectivity index (χ4n) is 2.72. The van der Waals surface area contributed by atoms with Crippen molar-refractivity contribution in [1.82, 2.24) is 20.2 Å². The number of likely N-dealkylation sites (tertiary alicyclic amines) is 1. The molecule has 2 heterocycles. The van der Waals surface area contributed by atoms with Crippen LogP contribution in [0.4, 0.5) is 5.82 Å². The third-order valence-corrected chi connectivity index (χ3v) is 4.92. The predicted molar refractivity (Wildman–Crippen MR) is 106 cm³/mol. The lowest BCUT2D eigenvalue weighted by atomic mass is 10.2. The molecule has 0 saturated carbocycles. The third kappa shape index (κ3) is 6.30. The van der Waals surface area contributed by atoms with Crippen LogP contribution >= 0.6 is 11.8 Å². The van der Waals surface area contributed by atoms with Crippen LogP contribution in [0, 0.1) is 0 Å². The van der Waals surface area contributed by atoms with Gasteiger partial charge in [-0.15, -0.1) is 11.8 Å². The molecule has 1 aliphatic rings. The minimum atomic E-state index is -0.0443. The number of aliphatic imine (C=N–C) groups is 1. The molecule has 2 unspecified atom stereocenters. The van der Waals surface area contributed by atoms with Gasteiger partial charge in [-0.2, -0.15) is 0 Å². The van der Waals surface area contributed by atoms with Crippen LogP contribution in [0.2, 0.25) is 0 Å². The molecule has 1 amide bonds. The maximum atomic E-state index is 11.0. The molecule has 1 fully saturated rings. The Morgan fingerprint density at radius 2 is 2.38 bits per heavy atom. The quantitative estimate of drug-likeness (QED) is 0.499. The number of hydrogen-bond donors (Lipinski definition) is 2. The van der Waals surface area contributed by atoms with Crippen molar-refractivity contribution in [3.63, 3.8) is 0 Å². The fourth-order valence-corrected chi connectivity index (χ4v) is 3.59. The van der Waals surface area contributed by atoms with Crippen LogP contribution in [0.5, 0.6) is 5.88 Å². The summed E-state index contributed by atoms with van der Waals surface area (Å²) < 4.78 is 6.02. The van der Waals surface area contributed by atoms with Gasteiger partial charge in [0.1, 0.15) is 18.2 Å². The average molecular weight is 379 g/mol. The third-order valence-electron chi connectivity index (χ3n) is 4.02. The number of ether oxygens (including phenoxy) is 1. The monoisotopic (exact) mass is 378 g/mol. The highest BCUT2D eigenvalue weighted by atomic mass is 32.2. The van der Waals surface area contributed by atoms with Gasteiger partial charge in [-0.25, -0.2) is 9.97 Å². The van der Waals surface area contributed by atoms with Gasteiger partial charge in [0.05, 0.1) is 5.88 Å². The van der Waals surface area contributed by atoms with Gasteiger partial charge in [-0.1, -0.05) is 0 Å². The SMILES string of the molecule is C=N/C=C(/CN1CC(Oc2cc(NC)ncn2)CC1C)SCNC(C)=O. The number of carbonyl (C=O) groups is 1. The zero-order chi connectivity index (χ0) is 18.9. The Bertz CT molecular complexity index is 654. The zero-order valence-electron chi connectivity index (χ0n) is 15.4. The molecule has 0 aromatic carbocycles. The Kier molecular flexibility index (Phi) is 7.86. The summed E-state index contributed by atoms with van der Waals surface area (Å²) in [6.45, 7) is 8.77. The van der Waals surface area contributed by atoms with E-state index >= 15 is 0 Å². The van der Waals surface area contributed by atoms with Crippen molar-refractivity contribution < 1.29 is 9.53 Å². The van der Waals surface area contributed by atoms with E-state index in [9.17, 15) is 4.79 Å². The second-order valence-corrected chi connectivity index (χ2v) is 7.15. The van der Waals surface area contributed by atoms with E-state index in [4.69, 9.17) is 4.74 Å². The number of aromatic nitrogens is 2. The Hall–Kier alpha value is -2.13. The summed E-state index contributed by atoms with van der Waals surface area (Å²) in [6, 6.07) is 2.17. The van der Waals surface area contributed by atoms with E-state index in [1.54, 1.807) is 24.0 Å². The second kappa shape index (κ2) is 10.1. The Morgan fingerprint density at radius 3 is 3.08 bits per heavy atom. The molecule has 1 aliphatic heterocycles. The molecular formula is C17H26N6O2S. The van der Waals surface area contributed by atoms with E-state index in [1.807, 2.05) is 7.05 Å². The van der Waals surface area contributed by atoms with E-state index in [1.165, 1.54) is 13.3 Å². The summed E-state index contributed by atoms with van der Waals surface area (Å²) in [4.78, 5) is 26.6. The summed E-state index contributed by atoms with van der Waals surface area (Å²) in [5.41, 5.74) is 0. The molecule has 1 aromatic heterocycles. The van der Waals surface area contributed by atoms with Crippen LogP contribution in [0.1, 0.15) is 20.3 Å². The van der Waals surface area contributed by atoms with E-state index in [2.05, 4.69) is 44.1 Å². The van der Waals surface area contributed by atoms with Gasteiger partial charge in [-0.05, 0) is 13.6 Å². The zero-order valence-corrected chi connectivity index (χ0v) is 16.3. The normalized spacial score (nSPS) is 20.7. The van der Waals surface area contributed by atoms with Crippen LogP contribution in [0.25, 0.3) is 0 Å². The number of nitrogens with one attached hydrogen (secondary N) is 2. The average Bonchev–Trinajstić information content (AvgIpc) is 2.94. The lowest BCUT2D eigenvalue weighted by Crippen LogP contribution is -2.30. The minimum absolute atomic E-state index is 0.0443. The maximum absolute atomic E-state index is 11.0. The molecule has 9 heteroatoms. The Balaban J connectivity index is 1.90. The summed E-state index contributed by atoms with van der Waals surface area (Å²) in [5, 5.41) is 5.76. The lowest BCUT2D eigenvalue weighted by Gasteiger charge is -2.21. The first-order valence-electron chi connectivity index (χ1n) is 8.44. The van der Waals surface area contributed by atoms with Crippen molar-refractivity contribution in [2.45, 2.75) is 32.4 Å². The van der Waals surface area contributed by atoms with Gasteiger partial charge in [0.2, 0.25) is 11.8 Å². The Morgan fingerprint density at radius 1 is 1.58 bits per heavy atom. The minimum Gasteiger partial charge on any atom is -0.473 e. The number of carbonyl (C=O) groups excluding carboxylic acids is 1. The van der Waals surface area contributed by atoms with Crippen molar-refractivity contribution in [2.24, 2.45) is 4.99 Å². The molecule has 0 spiro atoms. The first kappa shape index (κ1) is 20.2. The molecular weight excluding hydrogens is 352 g/mol. The van der Waals surface area contributed by atoms with Gasteiger partial charge in [-0.3, -0.25) is 14.7 Å². The lowest BCUT2D eigenvalue weighted by molar-refractivity contribution is -0.118. The van der Waals surface area contributed by atoms with E-state index in [0.717, 1.165) is 30.2 Å². The predicted octanol–water partition coefficient (Wildman–Crippen LogP) is 1.73. The molecule has 0 bridgehead atoms. The molecule has 2 rings (SSSR count). The van der Waals surface area contributed by atoms with Crippen LogP contribution < -0.4 is 15.4 Å². The second-order valence-electron chi connectivity index (χ2n) is 6.05. The summed E-state index contributed by atoms with van der Waals surface area (Å²) in [6.07, 6.45) is 4.23. The highest BCUT2D eigenvalue weighted by Gasteiger charge is 2.31. The van der Waals surface area contributed by atoms with Crippen LogP contribution in [0.3, 0.4) is 0 Å². The number of amides is 1. The first-order valence-corrected chi connectivity index (χ1v) is 9.43. The maximum Gasteiger partial charge on any atom is 0.218 e. The molecule has 1 saturated heterocycles. The number of anilines is 1. The van der Waals surface area contributed by atoms with Crippen molar-refractivity contribution in [2.75, 3.05) is 31.3 Å². The smallest absolute Gasteiger partial charge is 0.218 e. The van der Waals surface area contributed by atoms with Crippen LogP contribution in [-0.2, 0) is 4.79 Å². The molecule has 1 aromatic rings. The van der Waals surface area contributed by atoms with E-state index < -0.39 is 0 Å². The van der Waals surface area contributed by atoms with Gasteiger partial charge in [0.25, 0.3) is 0 Å². The Labute approximate surface area is 158 Å². The largest absolute Gasteiger partial charge is 0.473 e. The van der Waals surface area contributed by atoms with Crippen LogP contribution in [0.15, 0.2) is 28.5 Å². The highest BCUT2D eigenvalue weighted by molar-refractivity contribution is 8.03. The van der Waals surface area contributed by atoms with Crippen molar-refractivity contribution in [1.29, 1.82) is 0 Å². The molecule has 2 N–H and O–H groups in total. The van der Waals surface area contributed by atoms with Crippen molar-refractivity contribution in [3.05, 3.63) is 23.5 Å². The number of rotatable bonds is 9. The molecule has 0 radical (unpaired) electrons. The molecule has 142 valence electrons. The van der Waals surface area contributed by atoms with Gasteiger partial charge < -0.3 is 15.4 Å². The first-order chi connectivity index (χ1) is 12.5. The van der Waals surface area contributed by atoms with Crippen LogP contribution in [-0.4, -0.2) is 65.7 Å². The van der Waals surface area contributed by atoms with Gasteiger partial charge >= 0.3 is 0 Å². The standard InChI is InChI=1S/C17H26N6O2S/c1-12-5-14(25-17-6-16(19-4)20-10-21-17)8-23(12)9-15(7-18-3)26-11-22-13(2)24/h6-7,10,12,14H,3,5,8-9,11H2,1-2,4H3,(H,22,24)(H,19,20,21)/b15-7-. The summed E-state index contributed by atoms with van der Waals surface area (Å²) in [7, 11) is 1.81. The molecule has 8 nitrogen and oxygen atoms in total. The van der Waals surface area contributed by atoms with E-state index in [0.29, 0.717) is 17.8 Å². The molecule has 2 atom stereocenters. The van der Waals surface area contributed by atoms with Gasteiger partial charge in [0, 0.05) is 56.7 Å². The summed E-state index contributed by atoms with van der Waals surface area (Å²) in [5.74, 6) is 1.78. The fraction of sp³-hybridized carbons (Fsp3) is 0.529. The number of nitrogens with zero attached hydrogens (tertiary/aromatic N) is 4. The van der Waals surface area contributed by atoms with Gasteiger partial charge in [0.15, 0.2) is 0 Å². The number of thioether (sulfide) groups is 1. The van der Waals surface area contributed by atoms with Crippen molar-refractivity contribution >= 4 is 30.2 Å². The highest BCUT2D eigenvalue weighted by Crippen LogP contribution is 2.26. The van der Waals surface area contributed by atoms with E-state index in [-0.39, 0.29) is 12.0 Å².